The van der Waals surface area contributed by atoms with E-state index >= 15 is 0 Å². The molecule has 0 bridgehead atoms. The lowest BCUT2D eigenvalue weighted by Gasteiger charge is -2.17. The standard InChI is InChI=1S/C18H18F3NO/c1-11-6-4-9-16(12(11)2)17(23)22-13(3)14-7-5-8-15(10-14)18(19,20)21/h4-10,13H,1-3H3,(H,22,23). The van der Waals surface area contributed by atoms with Gasteiger partial charge in [-0.15, -0.1) is 0 Å². The molecule has 0 saturated heterocycles. The summed E-state index contributed by atoms with van der Waals surface area (Å²) in [6.45, 7) is 5.42. The van der Waals surface area contributed by atoms with Crippen LogP contribution < -0.4 is 5.32 Å². The van der Waals surface area contributed by atoms with Crippen molar-refractivity contribution in [1.29, 1.82) is 0 Å². The molecule has 0 aliphatic heterocycles. The van der Waals surface area contributed by atoms with Gasteiger partial charge in [-0.2, -0.15) is 13.2 Å². The van der Waals surface area contributed by atoms with Crippen LogP contribution in [0.15, 0.2) is 42.5 Å². The average Bonchev–Trinajstić information content (AvgIpc) is 2.49. The molecule has 23 heavy (non-hydrogen) atoms. The van der Waals surface area contributed by atoms with Gasteiger partial charge in [0.15, 0.2) is 0 Å². The summed E-state index contributed by atoms with van der Waals surface area (Å²) in [5.41, 5.74) is 2.08. The minimum atomic E-state index is -4.40. The number of alkyl halides is 3. The Labute approximate surface area is 133 Å². The molecule has 1 unspecified atom stereocenters. The van der Waals surface area contributed by atoms with E-state index in [4.69, 9.17) is 0 Å². The van der Waals surface area contributed by atoms with Crippen molar-refractivity contribution in [3.8, 4) is 0 Å². The monoisotopic (exact) mass is 321 g/mol. The van der Waals surface area contributed by atoms with Gasteiger partial charge >= 0.3 is 6.18 Å². The highest BCUT2D eigenvalue weighted by Crippen LogP contribution is 2.30. The van der Waals surface area contributed by atoms with Gasteiger partial charge in [0, 0.05) is 5.56 Å². The van der Waals surface area contributed by atoms with E-state index in [1.165, 1.54) is 6.07 Å². The van der Waals surface area contributed by atoms with Crippen LogP contribution in [0.3, 0.4) is 0 Å². The van der Waals surface area contributed by atoms with Crippen molar-refractivity contribution < 1.29 is 18.0 Å². The Bertz CT molecular complexity index is 722. The lowest BCUT2D eigenvalue weighted by molar-refractivity contribution is -0.137. The zero-order valence-electron chi connectivity index (χ0n) is 13.2. The molecule has 1 amide bonds. The topological polar surface area (TPSA) is 29.1 Å². The molecule has 0 fully saturated rings. The van der Waals surface area contributed by atoms with Gasteiger partial charge in [0.2, 0.25) is 0 Å². The van der Waals surface area contributed by atoms with Gasteiger partial charge in [-0.25, -0.2) is 0 Å². The van der Waals surface area contributed by atoms with Crippen LogP contribution in [0.1, 0.15) is 45.6 Å². The smallest absolute Gasteiger partial charge is 0.346 e. The second-order valence-electron chi connectivity index (χ2n) is 5.57. The predicted octanol–water partition coefficient (Wildman–Crippen LogP) is 4.81. The molecule has 1 N–H and O–H groups in total. The van der Waals surface area contributed by atoms with E-state index < -0.39 is 17.8 Å². The number of amides is 1. The molecule has 122 valence electrons. The molecule has 0 spiro atoms. The Morgan fingerprint density at radius 3 is 2.39 bits per heavy atom. The van der Waals surface area contributed by atoms with Crippen molar-refractivity contribution in [3.05, 3.63) is 70.3 Å². The normalized spacial score (nSPS) is 12.8. The molecular weight excluding hydrogens is 303 g/mol. The third-order valence-corrected chi connectivity index (χ3v) is 3.91. The zero-order chi connectivity index (χ0) is 17.2. The Balaban J connectivity index is 2.20. The van der Waals surface area contributed by atoms with Crippen LogP contribution in [-0.4, -0.2) is 5.91 Å². The number of hydrogen-bond acceptors (Lipinski definition) is 1. The lowest BCUT2D eigenvalue weighted by atomic mass is 10.0. The summed E-state index contributed by atoms with van der Waals surface area (Å²) in [6, 6.07) is 9.87. The lowest BCUT2D eigenvalue weighted by Crippen LogP contribution is -2.27. The van der Waals surface area contributed by atoms with Gasteiger partial charge in [-0.1, -0.05) is 24.3 Å². The van der Waals surface area contributed by atoms with Gasteiger partial charge in [0.1, 0.15) is 0 Å². The number of carbonyl (C=O) groups is 1. The summed E-state index contributed by atoms with van der Waals surface area (Å²) in [7, 11) is 0. The highest BCUT2D eigenvalue weighted by molar-refractivity contribution is 5.96. The van der Waals surface area contributed by atoms with Crippen LogP contribution >= 0.6 is 0 Å². The molecule has 2 nitrogen and oxygen atoms in total. The second-order valence-corrected chi connectivity index (χ2v) is 5.57. The minimum Gasteiger partial charge on any atom is -0.346 e. The Morgan fingerprint density at radius 1 is 1.09 bits per heavy atom. The number of rotatable bonds is 3. The van der Waals surface area contributed by atoms with Gasteiger partial charge in [-0.05, 0) is 55.7 Å². The maximum absolute atomic E-state index is 12.8. The maximum atomic E-state index is 12.8. The van der Waals surface area contributed by atoms with Crippen LogP contribution in [0.4, 0.5) is 13.2 Å². The zero-order valence-corrected chi connectivity index (χ0v) is 13.2. The molecule has 2 aromatic carbocycles. The van der Waals surface area contributed by atoms with Crippen molar-refractivity contribution in [3.63, 3.8) is 0 Å². The average molecular weight is 321 g/mol. The van der Waals surface area contributed by atoms with E-state index in [9.17, 15) is 18.0 Å². The number of carbonyl (C=O) groups excluding carboxylic acids is 1. The Kier molecular flexibility index (Phi) is 4.78. The van der Waals surface area contributed by atoms with E-state index in [-0.39, 0.29) is 5.91 Å². The summed E-state index contributed by atoms with van der Waals surface area (Å²) in [6.07, 6.45) is -4.40. The summed E-state index contributed by atoms with van der Waals surface area (Å²) in [5, 5.41) is 2.75. The van der Waals surface area contributed by atoms with Crippen molar-refractivity contribution >= 4 is 5.91 Å². The van der Waals surface area contributed by atoms with Gasteiger partial charge in [0.05, 0.1) is 11.6 Å². The number of aryl methyl sites for hydroxylation is 1. The fourth-order valence-corrected chi connectivity index (χ4v) is 2.34. The van der Waals surface area contributed by atoms with Crippen molar-refractivity contribution in [2.75, 3.05) is 0 Å². The largest absolute Gasteiger partial charge is 0.416 e. The minimum absolute atomic E-state index is 0.295. The molecule has 0 aromatic heterocycles. The first-order chi connectivity index (χ1) is 10.7. The molecule has 2 aromatic rings. The summed E-state index contributed by atoms with van der Waals surface area (Å²) >= 11 is 0. The van der Waals surface area contributed by atoms with E-state index in [2.05, 4.69) is 5.32 Å². The van der Waals surface area contributed by atoms with Crippen molar-refractivity contribution in [2.24, 2.45) is 0 Å². The Morgan fingerprint density at radius 2 is 1.74 bits per heavy atom. The van der Waals surface area contributed by atoms with Crippen molar-refractivity contribution in [2.45, 2.75) is 33.0 Å². The van der Waals surface area contributed by atoms with Gasteiger partial charge in [0.25, 0.3) is 5.91 Å². The quantitative estimate of drug-likeness (QED) is 0.863. The van der Waals surface area contributed by atoms with Crippen LogP contribution in [0.2, 0.25) is 0 Å². The molecule has 0 aliphatic rings. The number of hydrogen-bond donors (Lipinski definition) is 1. The summed E-state index contributed by atoms with van der Waals surface area (Å²) in [4.78, 5) is 12.3. The first-order valence-electron chi connectivity index (χ1n) is 7.24. The molecule has 1 atom stereocenters. The fraction of sp³-hybridized carbons (Fsp3) is 0.278. The SMILES string of the molecule is Cc1cccc(C(=O)NC(C)c2cccc(C(F)(F)F)c2)c1C. The van der Waals surface area contributed by atoms with E-state index in [0.717, 1.165) is 23.3 Å². The van der Waals surface area contributed by atoms with Crippen LogP contribution in [0.25, 0.3) is 0 Å². The first-order valence-corrected chi connectivity index (χ1v) is 7.24. The van der Waals surface area contributed by atoms with E-state index in [1.54, 1.807) is 25.1 Å². The third kappa shape index (κ3) is 3.92. The first kappa shape index (κ1) is 17.1. The summed E-state index contributed by atoms with van der Waals surface area (Å²) < 4.78 is 38.3. The predicted molar refractivity (Wildman–Crippen MR) is 83.2 cm³/mol. The molecule has 0 heterocycles. The van der Waals surface area contributed by atoms with Crippen molar-refractivity contribution in [1.82, 2.24) is 5.32 Å². The van der Waals surface area contributed by atoms with Crippen LogP contribution in [0, 0.1) is 13.8 Å². The maximum Gasteiger partial charge on any atom is 0.416 e. The molecular formula is C18H18F3NO. The molecule has 5 heteroatoms. The Hall–Kier alpha value is -2.30. The molecule has 0 saturated carbocycles. The molecule has 2 rings (SSSR count). The third-order valence-electron chi connectivity index (χ3n) is 3.91. The van der Waals surface area contributed by atoms with E-state index in [1.807, 2.05) is 19.9 Å². The fourth-order valence-electron chi connectivity index (χ4n) is 2.34. The molecule has 0 radical (unpaired) electrons. The highest BCUT2D eigenvalue weighted by Gasteiger charge is 2.30. The number of halogens is 3. The van der Waals surface area contributed by atoms with E-state index in [0.29, 0.717) is 11.1 Å². The summed E-state index contributed by atoms with van der Waals surface area (Å²) in [5.74, 6) is -0.295. The second kappa shape index (κ2) is 6.44. The van der Waals surface area contributed by atoms with Gasteiger partial charge in [-0.3, -0.25) is 4.79 Å². The van der Waals surface area contributed by atoms with Crippen LogP contribution in [0.5, 0.6) is 0 Å². The number of benzene rings is 2. The number of nitrogens with one attached hydrogen (secondary N) is 1. The molecule has 0 aliphatic carbocycles. The highest BCUT2D eigenvalue weighted by atomic mass is 19.4. The van der Waals surface area contributed by atoms with Gasteiger partial charge < -0.3 is 5.32 Å². The van der Waals surface area contributed by atoms with Crippen LogP contribution in [-0.2, 0) is 6.18 Å².